The SMILES string of the molecule is CCOc1ccc(N2CC(c3nc4ccccc4n3CC(=O)N(CC(C)C)CC(C)C)CC2=O)cc1. The Balaban J connectivity index is 1.61. The number of benzene rings is 2. The van der Waals surface area contributed by atoms with Gasteiger partial charge in [-0.25, -0.2) is 4.98 Å². The number of imidazole rings is 1. The van der Waals surface area contributed by atoms with Gasteiger partial charge in [-0.05, 0) is 55.2 Å². The van der Waals surface area contributed by atoms with E-state index < -0.39 is 0 Å². The molecule has 0 spiro atoms. The summed E-state index contributed by atoms with van der Waals surface area (Å²) in [5.41, 5.74) is 2.64. The molecule has 7 nitrogen and oxygen atoms in total. The maximum atomic E-state index is 13.5. The predicted octanol–water partition coefficient (Wildman–Crippen LogP) is 5.10. The molecule has 7 heteroatoms. The van der Waals surface area contributed by atoms with Gasteiger partial charge in [-0.15, -0.1) is 0 Å². The molecule has 0 aliphatic carbocycles. The third-order valence-electron chi connectivity index (χ3n) is 6.45. The summed E-state index contributed by atoms with van der Waals surface area (Å²) >= 11 is 0. The van der Waals surface area contributed by atoms with Crippen LogP contribution in [0.15, 0.2) is 48.5 Å². The summed E-state index contributed by atoms with van der Waals surface area (Å²) < 4.78 is 7.57. The van der Waals surface area contributed by atoms with Crippen LogP contribution in [0.1, 0.15) is 52.8 Å². The lowest BCUT2D eigenvalue weighted by molar-refractivity contribution is -0.132. The largest absolute Gasteiger partial charge is 0.494 e. The number of carbonyl (C=O) groups excluding carboxylic acids is 2. The van der Waals surface area contributed by atoms with Crippen LogP contribution >= 0.6 is 0 Å². The Labute approximate surface area is 214 Å². The van der Waals surface area contributed by atoms with E-state index in [9.17, 15) is 9.59 Å². The molecule has 1 aliphatic rings. The summed E-state index contributed by atoms with van der Waals surface area (Å²) in [4.78, 5) is 35.3. The van der Waals surface area contributed by atoms with Gasteiger partial charge in [-0.2, -0.15) is 0 Å². The number of nitrogens with zero attached hydrogens (tertiary/aromatic N) is 4. The van der Waals surface area contributed by atoms with E-state index in [1.165, 1.54) is 0 Å². The number of carbonyl (C=O) groups is 2. The molecule has 0 N–H and O–H groups in total. The predicted molar refractivity (Wildman–Crippen MR) is 143 cm³/mol. The van der Waals surface area contributed by atoms with E-state index in [0.717, 1.165) is 41.4 Å². The molecule has 1 atom stereocenters. The lowest BCUT2D eigenvalue weighted by Crippen LogP contribution is -2.39. The van der Waals surface area contributed by atoms with Crippen molar-refractivity contribution in [2.45, 2.75) is 53.5 Å². The van der Waals surface area contributed by atoms with E-state index in [2.05, 4.69) is 27.7 Å². The Hall–Kier alpha value is -3.35. The first-order valence-electron chi connectivity index (χ1n) is 13.0. The summed E-state index contributed by atoms with van der Waals surface area (Å²) in [6, 6.07) is 15.6. The summed E-state index contributed by atoms with van der Waals surface area (Å²) in [5, 5.41) is 0. The molecule has 0 bridgehead atoms. The van der Waals surface area contributed by atoms with Crippen LogP contribution < -0.4 is 9.64 Å². The summed E-state index contributed by atoms with van der Waals surface area (Å²) in [6.45, 7) is 13.3. The molecule has 3 aromatic rings. The summed E-state index contributed by atoms with van der Waals surface area (Å²) in [7, 11) is 0. The monoisotopic (exact) mass is 490 g/mol. The smallest absolute Gasteiger partial charge is 0.242 e. The molecule has 1 saturated heterocycles. The quantitative estimate of drug-likeness (QED) is 0.397. The highest BCUT2D eigenvalue weighted by Crippen LogP contribution is 2.34. The van der Waals surface area contributed by atoms with Crippen LogP contribution in [-0.4, -0.2) is 52.5 Å². The number of amides is 2. The minimum Gasteiger partial charge on any atom is -0.494 e. The van der Waals surface area contributed by atoms with Crippen LogP contribution in [0.5, 0.6) is 5.75 Å². The van der Waals surface area contributed by atoms with Crippen molar-refractivity contribution in [2.24, 2.45) is 11.8 Å². The van der Waals surface area contributed by atoms with Crippen LogP contribution in [-0.2, 0) is 16.1 Å². The topological polar surface area (TPSA) is 67.7 Å². The lowest BCUT2D eigenvalue weighted by Gasteiger charge is -2.27. The Kier molecular flexibility index (Phi) is 7.97. The molecule has 4 rings (SSSR count). The molecule has 1 fully saturated rings. The summed E-state index contributed by atoms with van der Waals surface area (Å²) in [5.74, 6) is 2.44. The maximum Gasteiger partial charge on any atom is 0.242 e. The molecule has 0 saturated carbocycles. The van der Waals surface area contributed by atoms with Crippen LogP contribution in [0, 0.1) is 11.8 Å². The van der Waals surface area contributed by atoms with Crippen LogP contribution in [0.2, 0.25) is 0 Å². The fraction of sp³-hybridized carbons (Fsp3) is 0.483. The second-order valence-corrected chi connectivity index (χ2v) is 10.5. The van der Waals surface area contributed by atoms with E-state index in [-0.39, 0.29) is 24.3 Å². The molecule has 2 heterocycles. The average molecular weight is 491 g/mol. The lowest BCUT2D eigenvalue weighted by atomic mass is 10.1. The van der Waals surface area contributed by atoms with E-state index in [1.807, 2.05) is 69.8 Å². The van der Waals surface area contributed by atoms with E-state index in [0.29, 0.717) is 31.4 Å². The Morgan fingerprint density at radius 1 is 1.06 bits per heavy atom. The van der Waals surface area contributed by atoms with Crippen LogP contribution in [0.3, 0.4) is 0 Å². The second-order valence-electron chi connectivity index (χ2n) is 10.5. The van der Waals surface area contributed by atoms with Gasteiger partial charge in [-0.1, -0.05) is 39.8 Å². The van der Waals surface area contributed by atoms with Crippen molar-refractivity contribution in [2.75, 3.05) is 31.1 Å². The third kappa shape index (κ3) is 5.72. The number of para-hydroxylation sites is 2. The first-order valence-corrected chi connectivity index (χ1v) is 13.0. The standard InChI is InChI=1S/C29H38N4O3/c1-6-36-24-13-11-23(12-14-24)32-18-22(15-27(32)34)29-30-25-9-7-8-10-26(25)33(29)19-28(35)31(16-20(2)3)17-21(4)5/h7-14,20-22H,6,15-19H2,1-5H3. The zero-order valence-corrected chi connectivity index (χ0v) is 22.1. The van der Waals surface area contributed by atoms with Crippen molar-refractivity contribution in [1.29, 1.82) is 0 Å². The Bertz CT molecular complexity index is 1190. The van der Waals surface area contributed by atoms with Crippen molar-refractivity contribution in [3.63, 3.8) is 0 Å². The number of hydrogen-bond donors (Lipinski definition) is 0. The molecule has 192 valence electrons. The molecule has 0 radical (unpaired) electrons. The minimum absolute atomic E-state index is 0.0651. The first-order chi connectivity index (χ1) is 17.3. The highest BCUT2D eigenvalue weighted by molar-refractivity contribution is 5.96. The molecule has 1 aromatic heterocycles. The van der Waals surface area contributed by atoms with Gasteiger partial charge < -0.3 is 19.1 Å². The van der Waals surface area contributed by atoms with Gasteiger partial charge in [0, 0.05) is 37.7 Å². The normalized spacial score (nSPS) is 15.9. The fourth-order valence-corrected chi connectivity index (χ4v) is 4.99. The number of hydrogen-bond acceptors (Lipinski definition) is 4. The summed E-state index contributed by atoms with van der Waals surface area (Å²) in [6.07, 6.45) is 0.367. The van der Waals surface area contributed by atoms with Gasteiger partial charge in [-0.3, -0.25) is 9.59 Å². The van der Waals surface area contributed by atoms with E-state index in [4.69, 9.17) is 9.72 Å². The third-order valence-corrected chi connectivity index (χ3v) is 6.45. The van der Waals surface area contributed by atoms with Gasteiger partial charge in [0.15, 0.2) is 0 Å². The minimum atomic E-state index is -0.0899. The van der Waals surface area contributed by atoms with Crippen molar-refractivity contribution in [3.8, 4) is 5.75 Å². The second kappa shape index (κ2) is 11.1. The zero-order chi connectivity index (χ0) is 25.8. The van der Waals surface area contributed by atoms with Crippen molar-refractivity contribution in [1.82, 2.24) is 14.5 Å². The Morgan fingerprint density at radius 2 is 1.72 bits per heavy atom. The Morgan fingerprint density at radius 3 is 2.36 bits per heavy atom. The zero-order valence-electron chi connectivity index (χ0n) is 22.1. The maximum absolute atomic E-state index is 13.5. The van der Waals surface area contributed by atoms with Gasteiger partial charge in [0.25, 0.3) is 0 Å². The number of aromatic nitrogens is 2. The average Bonchev–Trinajstić information content (AvgIpc) is 3.39. The molecular weight excluding hydrogens is 452 g/mol. The van der Waals surface area contributed by atoms with Crippen molar-refractivity contribution < 1.29 is 14.3 Å². The van der Waals surface area contributed by atoms with Gasteiger partial charge >= 0.3 is 0 Å². The van der Waals surface area contributed by atoms with Crippen molar-refractivity contribution in [3.05, 3.63) is 54.4 Å². The molecule has 2 amide bonds. The highest BCUT2D eigenvalue weighted by atomic mass is 16.5. The first kappa shape index (κ1) is 25.7. The molecule has 2 aromatic carbocycles. The van der Waals surface area contributed by atoms with Gasteiger partial charge in [0.05, 0.1) is 17.6 Å². The van der Waals surface area contributed by atoms with Crippen LogP contribution in [0.25, 0.3) is 11.0 Å². The molecule has 36 heavy (non-hydrogen) atoms. The van der Waals surface area contributed by atoms with Crippen molar-refractivity contribution >= 4 is 28.5 Å². The molecule has 1 unspecified atom stereocenters. The van der Waals surface area contributed by atoms with Gasteiger partial charge in [0.2, 0.25) is 11.8 Å². The number of fused-ring (bicyclic) bond motifs is 1. The fourth-order valence-electron chi connectivity index (χ4n) is 4.99. The molecular formula is C29H38N4O3. The van der Waals surface area contributed by atoms with E-state index >= 15 is 0 Å². The van der Waals surface area contributed by atoms with E-state index in [1.54, 1.807) is 0 Å². The number of rotatable bonds is 10. The van der Waals surface area contributed by atoms with Crippen LogP contribution in [0.4, 0.5) is 5.69 Å². The number of ether oxygens (including phenoxy) is 1. The number of anilines is 1. The van der Waals surface area contributed by atoms with Gasteiger partial charge in [0.1, 0.15) is 18.1 Å². The molecule has 1 aliphatic heterocycles. The highest BCUT2D eigenvalue weighted by Gasteiger charge is 2.35.